The molecule has 29 heavy (non-hydrogen) atoms. The van der Waals surface area contributed by atoms with Gasteiger partial charge in [0.2, 0.25) is 0 Å². The number of nitrogens with one attached hydrogen (secondary N) is 1. The maximum Gasteiger partial charge on any atom is 0.339 e. The van der Waals surface area contributed by atoms with Gasteiger partial charge in [-0.3, -0.25) is 9.78 Å². The summed E-state index contributed by atoms with van der Waals surface area (Å²) in [7, 11) is 0. The highest BCUT2D eigenvalue weighted by Gasteiger charge is 2.22. The van der Waals surface area contributed by atoms with Crippen LogP contribution < -0.4 is 5.32 Å². The summed E-state index contributed by atoms with van der Waals surface area (Å²) in [5.74, 6) is -0.736. The number of aromatic nitrogens is 1. The first-order chi connectivity index (χ1) is 13.8. The second kappa shape index (κ2) is 8.43. The van der Waals surface area contributed by atoms with Crippen molar-refractivity contribution in [2.45, 2.75) is 46.6 Å². The molecule has 0 spiro atoms. The first kappa shape index (κ1) is 20.5. The highest BCUT2D eigenvalue weighted by molar-refractivity contribution is 6.05. The second-order valence-electron chi connectivity index (χ2n) is 7.62. The van der Waals surface area contributed by atoms with Crippen molar-refractivity contribution in [1.82, 2.24) is 4.98 Å². The number of benzene rings is 2. The zero-order chi connectivity index (χ0) is 21.1. The molecule has 0 aliphatic rings. The molecule has 0 saturated heterocycles. The van der Waals surface area contributed by atoms with Gasteiger partial charge < -0.3 is 10.1 Å². The molecule has 0 aliphatic carbocycles. The molecule has 1 aromatic heterocycles. The topological polar surface area (TPSA) is 68.3 Å². The number of para-hydroxylation sites is 1. The van der Waals surface area contributed by atoms with E-state index in [9.17, 15) is 9.59 Å². The van der Waals surface area contributed by atoms with E-state index in [1.165, 1.54) is 0 Å². The summed E-state index contributed by atoms with van der Waals surface area (Å²) in [5.41, 5.74) is 4.67. The van der Waals surface area contributed by atoms with Gasteiger partial charge in [0.1, 0.15) is 0 Å². The zero-order valence-corrected chi connectivity index (χ0v) is 17.4. The quantitative estimate of drug-likeness (QED) is 0.611. The minimum atomic E-state index is -0.933. The van der Waals surface area contributed by atoms with E-state index < -0.39 is 12.1 Å². The minimum absolute atomic E-state index is 0.163. The molecule has 1 unspecified atom stereocenters. The van der Waals surface area contributed by atoms with Crippen molar-refractivity contribution in [3.8, 4) is 0 Å². The predicted octanol–water partition coefficient (Wildman–Crippen LogP) is 5.16. The fourth-order valence-electron chi connectivity index (χ4n) is 3.04. The maximum atomic E-state index is 12.9. The van der Waals surface area contributed by atoms with E-state index >= 15 is 0 Å². The van der Waals surface area contributed by atoms with E-state index in [0.29, 0.717) is 16.6 Å². The van der Waals surface area contributed by atoms with E-state index in [1.807, 2.05) is 70.2 Å². The van der Waals surface area contributed by atoms with Crippen LogP contribution in [0.4, 0.5) is 5.69 Å². The lowest BCUT2D eigenvalue weighted by Gasteiger charge is -2.16. The van der Waals surface area contributed by atoms with Gasteiger partial charge in [-0.15, -0.1) is 0 Å². The van der Waals surface area contributed by atoms with Gasteiger partial charge in [-0.2, -0.15) is 0 Å². The van der Waals surface area contributed by atoms with Crippen molar-refractivity contribution in [2.75, 3.05) is 5.32 Å². The van der Waals surface area contributed by atoms with Crippen LogP contribution in [0.3, 0.4) is 0 Å². The standard InChI is InChI=1S/C24H26N2O3/c1-14(2)21-13-19(18-8-6-7-9-20(18)25-21)24(28)29-17(5)23(27)26-22-12-15(3)10-11-16(22)4/h6-14,17H,1-5H3,(H,26,27). The Kier molecular flexibility index (Phi) is 5.97. The zero-order valence-electron chi connectivity index (χ0n) is 17.4. The summed E-state index contributed by atoms with van der Waals surface area (Å²) in [6.07, 6.45) is -0.933. The van der Waals surface area contributed by atoms with Gasteiger partial charge in [0, 0.05) is 16.8 Å². The second-order valence-corrected chi connectivity index (χ2v) is 7.62. The summed E-state index contributed by atoms with van der Waals surface area (Å²) in [4.78, 5) is 30.1. The van der Waals surface area contributed by atoms with E-state index in [4.69, 9.17) is 4.74 Å². The fraction of sp³-hybridized carbons (Fsp3) is 0.292. The van der Waals surface area contributed by atoms with E-state index in [-0.39, 0.29) is 11.8 Å². The highest BCUT2D eigenvalue weighted by Crippen LogP contribution is 2.24. The molecule has 2 aromatic carbocycles. The van der Waals surface area contributed by atoms with Crippen molar-refractivity contribution in [3.05, 3.63) is 70.9 Å². The number of hydrogen-bond acceptors (Lipinski definition) is 4. The smallest absolute Gasteiger partial charge is 0.339 e. The first-order valence-corrected chi connectivity index (χ1v) is 9.75. The largest absolute Gasteiger partial charge is 0.449 e. The third kappa shape index (κ3) is 4.62. The van der Waals surface area contributed by atoms with Crippen LogP contribution in [-0.2, 0) is 9.53 Å². The first-order valence-electron chi connectivity index (χ1n) is 9.75. The summed E-state index contributed by atoms with van der Waals surface area (Å²) >= 11 is 0. The number of rotatable bonds is 5. The Morgan fingerprint density at radius 2 is 1.72 bits per heavy atom. The molecule has 1 N–H and O–H groups in total. The molecule has 0 saturated carbocycles. The molecule has 3 rings (SSSR count). The molecule has 0 aliphatic heterocycles. The van der Waals surface area contributed by atoms with E-state index in [0.717, 1.165) is 22.3 Å². The van der Waals surface area contributed by atoms with Crippen molar-refractivity contribution in [1.29, 1.82) is 0 Å². The maximum absolute atomic E-state index is 12.9. The Labute approximate surface area is 171 Å². The van der Waals surface area contributed by atoms with Crippen molar-refractivity contribution in [2.24, 2.45) is 0 Å². The Morgan fingerprint density at radius 1 is 1.00 bits per heavy atom. The third-order valence-electron chi connectivity index (χ3n) is 4.85. The molecule has 0 bridgehead atoms. The number of carbonyl (C=O) groups is 2. The average molecular weight is 390 g/mol. The lowest BCUT2D eigenvalue weighted by Crippen LogP contribution is -2.30. The van der Waals surface area contributed by atoms with Crippen LogP contribution in [-0.4, -0.2) is 23.0 Å². The van der Waals surface area contributed by atoms with E-state index in [2.05, 4.69) is 10.3 Å². The molecule has 1 heterocycles. The Morgan fingerprint density at radius 3 is 2.45 bits per heavy atom. The molecule has 1 amide bonds. The lowest BCUT2D eigenvalue weighted by molar-refractivity contribution is -0.123. The van der Waals surface area contributed by atoms with Crippen LogP contribution in [0.5, 0.6) is 0 Å². The van der Waals surface area contributed by atoms with Crippen molar-refractivity contribution < 1.29 is 14.3 Å². The SMILES string of the molecule is Cc1ccc(C)c(NC(=O)C(C)OC(=O)c2cc(C(C)C)nc3ccccc23)c1. The van der Waals surface area contributed by atoms with Crippen LogP contribution >= 0.6 is 0 Å². The fourth-order valence-corrected chi connectivity index (χ4v) is 3.04. The Bertz CT molecular complexity index is 1070. The van der Waals surface area contributed by atoms with Crippen LogP contribution in [0.1, 0.15) is 53.9 Å². The Hall–Kier alpha value is -3.21. The number of nitrogens with zero attached hydrogens (tertiary/aromatic N) is 1. The van der Waals surface area contributed by atoms with Gasteiger partial charge in [-0.25, -0.2) is 4.79 Å². The van der Waals surface area contributed by atoms with Gasteiger partial charge in [-0.1, -0.05) is 44.2 Å². The molecule has 150 valence electrons. The highest BCUT2D eigenvalue weighted by atomic mass is 16.5. The predicted molar refractivity (Wildman–Crippen MR) is 115 cm³/mol. The Balaban J connectivity index is 1.82. The third-order valence-corrected chi connectivity index (χ3v) is 4.85. The monoisotopic (exact) mass is 390 g/mol. The minimum Gasteiger partial charge on any atom is -0.449 e. The summed E-state index contributed by atoms with van der Waals surface area (Å²) in [6, 6.07) is 15.0. The number of carbonyl (C=O) groups excluding carboxylic acids is 2. The summed E-state index contributed by atoms with van der Waals surface area (Å²) in [5, 5.41) is 3.56. The molecular formula is C24H26N2O3. The van der Waals surface area contributed by atoms with Crippen molar-refractivity contribution in [3.63, 3.8) is 0 Å². The molecule has 0 radical (unpaired) electrons. The molecular weight excluding hydrogens is 364 g/mol. The molecule has 3 aromatic rings. The summed E-state index contributed by atoms with van der Waals surface area (Å²) in [6.45, 7) is 9.49. The van der Waals surface area contributed by atoms with Crippen LogP contribution in [0.25, 0.3) is 10.9 Å². The van der Waals surface area contributed by atoms with Gasteiger partial charge in [0.25, 0.3) is 5.91 Å². The van der Waals surface area contributed by atoms with Gasteiger partial charge in [-0.05, 0) is 56.0 Å². The lowest BCUT2D eigenvalue weighted by atomic mass is 10.0. The van der Waals surface area contributed by atoms with Crippen LogP contribution in [0.15, 0.2) is 48.5 Å². The molecule has 5 nitrogen and oxygen atoms in total. The average Bonchev–Trinajstić information content (AvgIpc) is 2.69. The number of amides is 1. The molecule has 0 fully saturated rings. The van der Waals surface area contributed by atoms with Crippen molar-refractivity contribution >= 4 is 28.5 Å². The van der Waals surface area contributed by atoms with E-state index in [1.54, 1.807) is 13.0 Å². The number of aryl methyl sites for hydroxylation is 2. The van der Waals surface area contributed by atoms with Crippen LogP contribution in [0.2, 0.25) is 0 Å². The number of ether oxygens (including phenoxy) is 1. The normalized spacial score (nSPS) is 12.1. The van der Waals surface area contributed by atoms with Gasteiger partial charge in [0.15, 0.2) is 6.10 Å². The number of pyridine rings is 1. The molecule has 5 heteroatoms. The van der Waals surface area contributed by atoms with Crippen LogP contribution in [0, 0.1) is 13.8 Å². The number of anilines is 1. The number of hydrogen-bond donors (Lipinski definition) is 1. The summed E-state index contributed by atoms with van der Waals surface area (Å²) < 4.78 is 5.50. The van der Waals surface area contributed by atoms with Gasteiger partial charge in [0.05, 0.1) is 11.1 Å². The number of fused-ring (bicyclic) bond motifs is 1. The van der Waals surface area contributed by atoms with Gasteiger partial charge >= 0.3 is 5.97 Å². The number of esters is 1. The molecule has 1 atom stereocenters.